The van der Waals surface area contributed by atoms with Crippen molar-refractivity contribution >= 4 is 27.8 Å². The number of rotatable bonds is 5. The SMILES string of the molecule is CCC/C(=N\OCC)c1cc(Cl)ccc1C(F)(F)F.N=S(=O)=O. The Morgan fingerprint density at radius 1 is 1.35 bits per heavy atom. The second-order valence-electron chi connectivity index (χ2n) is 4.13. The number of nitrogens with zero attached hydrogens (tertiary/aromatic N) is 1. The Labute approximate surface area is 138 Å². The van der Waals surface area contributed by atoms with Gasteiger partial charge in [0.15, 0.2) is 0 Å². The topological polar surface area (TPSA) is 79.6 Å². The fraction of sp³-hybridized carbons (Fsp3) is 0.462. The van der Waals surface area contributed by atoms with E-state index in [1.165, 1.54) is 12.1 Å². The molecule has 1 aromatic carbocycles. The minimum absolute atomic E-state index is 0.0182. The highest BCUT2D eigenvalue weighted by Crippen LogP contribution is 2.34. The minimum Gasteiger partial charge on any atom is -0.396 e. The van der Waals surface area contributed by atoms with Crippen LogP contribution in [0.3, 0.4) is 0 Å². The summed E-state index contributed by atoms with van der Waals surface area (Å²) in [4.78, 5) is 4.89. The van der Waals surface area contributed by atoms with Crippen molar-refractivity contribution in [1.82, 2.24) is 0 Å². The van der Waals surface area contributed by atoms with Gasteiger partial charge < -0.3 is 4.84 Å². The molecule has 0 saturated heterocycles. The predicted octanol–water partition coefficient (Wildman–Crippen LogP) is 4.53. The van der Waals surface area contributed by atoms with Crippen molar-refractivity contribution in [2.75, 3.05) is 6.61 Å². The van der Waals surface area contributed by atoms with Gasteiger partial charge >= 0.3 is 16.7 Å². The van der Waals surface area contributed by atoms with Gasteiger partial charge in [-0.2, -0.15) is 26.4 Å². The average molecular weight is 373 g/mol. The molecule has 0 heterocycles. The summed E-state index contributed by atoms with van der Waals surface area (Å²) in [5.41, 5.74) is -0.502. The number of alkyl halides is 3. The standard InChI is InChI=1S/C13H15ClF3NO.HNO2S/c1-3-5-12(18-19-4-2)10-8-9(14)6-7-11(10)13(15,16)17;1-4(2)3/h6-8H,3-5H2,1-2H3;1H/b18-12+;. The van der Waals surface area contributed by atoms with E-state index in [0.29, 0.717) is 19.4 Å². The van der Waals surface area contributed by atoms with Crippen LogP contribution in [0.2, 0.25) is 5.02 Å². The van der Waals surface area contributed by atoms with Crippen molar-refractivity contribution in [2.24, 2.45) is 5.16 Å². The van der Waals surface area contributed by atoms with Crippen LogP contribution in [0.15, 0.2) is 23.4 Å². The second-order valence-corrected chi connectivity index (χ2v) is 5.03. The van der Waals surface area contributed by atoms with Gasteiger partial charge in [0.25, 0.3) is 0 Å². The Hall–Kier alpha value is -1.61. The number of nitrogens with one attached hydrogen (secondary N) is 1. The number of benzene rings is 1. The van der Waals surface area contributed by atoms with Gasteiger partial charge in [0.1, 0.15) is 6.61 Å². The summed E-state index contributed by atoms with van der Waals surface area (Å²) in [5, 5.41) is 4.01. The molecule has 0 bridgehead atoms. The summed E-state index contributed by atoms with van der Waals surface area (Å²) in [5.74, 6) is 0. The molecule has 0 aliphatic rings. The summed E-state index contributed by atoms with van der Waals surface area (Å²) in [6, 6.07) is 3.46. The number of halogens is 4. The highest BCUT2D eigenvalue weighted by molar-refractivity contribution is 7.60. The molecule has 130 valence electrons. The van der Waals surface area contributed by atoms with E-state index in [1.807, 2.05) is 6.92 Å². The Balaban J connectivity index is 0.00000108. The molecule has 1 N–H and O–H groups in total. The van der Waals surface area contributed by atoms with Gasteiger partial charge in [-0.1, -0.05) is 30.1 Å². The normalized spacial score (nSPS) is 11.5. The first-order valence-electron chi connectivity index (χ1n) is 6.49. The van der Waals surface area contributed by atoms with Gasteiger partial charge in [-0.3, -0.25) is 0 Å². The van der Waals surface area contributed by atoms with Crippen LogP contribution < -0.4 is 0 Å². The van der Waals surface area contributed by atoms with Crippen LogP contribution >= 0.6 is 11.6 Å². The molecule has 0 unspecified atom stereocenters. The molecule has 23 heavy (non-hydrogen) atoms. The molecule has 5 nitrogen and oxygen atoms in total. The Kier molecular flexibility index (Phi) is 9.50. The molecule has 0 saturated carbocycles. The molecule has 0 radical (unpaired) electrons. The summed E-state index contributed by atoms with van der Waals surface area (Å²) < 4.78 is 61.7. The molecule has 0 spiro atoms. The third-order valence-electron chi connectivity index (χ3n) is 2.39. The zero-order valence-electron chi connectivity index (χ0n) is 12.4. The van der Waals surface area contributed by atoms with Gasteiger partial charge in [0.2, 0.25) is 0 Å². The van der Waals surface area contributed by atoms with Gasteiger partial charge in [-0.25, -0.2) is 0 Å². The fourth-order valence-electron chi connectivity index (χ4n) is 1.61. The Morgan fingerprint density at radius 3 is 2.35 bits per heavy atom. The summed E-state index contributed by atoms with van der Waals surface area (Å²) >= 11 is 5.78. The quantitative estimate of drug-likeness (QED) is 0.609. The third-order valence-corrected chi connectivity index (χ3v) is 2.62. The van der Waals surface area contributed by atoms with E-state index in [-0.39, 0.29) is 16.3 Å². The van der Waals surface area contributed by atoms with Gasteiger partial charge in [0, 0.05) is 10.6 Å². The van der Waals surface area contributed by atoms with Crippen molar-refractivity contribution < 1.29 is 26.4 Å². The van der Waals surface area contributed by atoms with Gasteiger partial charge in [-0.05, 0) is 31.5 Å². The van der Waals surface area contributed by atoms with E-state index in [2.05, 4.69) is 5.16 Å². The molecular formula is C13H16ClF3N2O3S. The van der Waals surface area contributed by atoms with E-state index in [4.69, 9.17) is 29.6 Å². The lowest BCUT2D eigenvalue weighted by Crippen LogP contribution is -2.14. The second kappa shape index (κ2) is 10.2. The molecule has 0 aliphatic heterocycles. The average Bonchev–Trinajstić information content (AvgIpc) is 2.41. The monoisotopic (exact) mass is 372 g/mol. The number of oxime groups is 1. The largest absolute Gasteiger partial charge is 0.417 e. The molecular weight excluding hydrogens is 357 g/mol. The smallest absolute Gasteiger partial charge is 0.396 e. The number of hydrogen-bond acceptors (Lipinski definition) is 5. The molecule has 0 amide bonds. The lowest BCUT2D eigenvalue weighted by Gasteiger charge is -2.14. The van der Waals surface area contributed by atoms with E-state index in [1.54, 1.807) is 6.92 Å². The highest BCUT2D eigenvalue weighted by Gasteiger charge is 2.34. The minimum atomic E-state index is -4.44. The summed E-state index contributed by atoms with van der Waals surface area (Å²) in [6.07, 6.45) is -3.39. The van der Waals surface area contributed by atoms with Gasteiger partial charge in [-0.15, -0.1) is 0 Å². The van der Waals surface area contributed by atoms with Crippen LogP contribution in [0.5, 0.6) is 0 Å². The number of hydrogen-bond donors (Lipinski definition) is 1. The van der Waals surface area contributed by atoms with Crippen LogP contribution in [-0.4, -0.2) is 20.7 Å². The predicted molar refractivity (Wildman–Crippen MR) is 81.2 cm³/mol. The van der Waals surface area contributed by atoms with Crippen molar-refractivity contribution in [1.29, 1.82) is 4.78 Å². The molecule has 0 fully saturated rings. The lowest BCUT2D eigenvalue weighted by atomic mass is 9.99. The maximum absolute atomic E-state index is 13.0. The lowest BCUT2D eigenvalue weighted by molar-refractivity contribution is -0.137. The van der Waals surface area contributed by atoms with E-state index >= 15 is 0 Å². The van der Waals surface area contributed by atoms with Crippen molar-refractivity contribution in [3.63, 3.8) is 0 Å². The van der Waals surface area contributed by atoms with E-state index < -0.39 is 22.2 Å². The Morgan fingerprint density at radius 2 is 1.91 bits per heavy atom. The van der Waals surface area contributed by atoms with Gasteiger partial charge in [0.05, 0.1) is 11.3 Å². The molecule has 0 aliphatic carbocycles. The zero-order valence-corrected chi connectivity index (χ0v) is 14.0. The molecule has 1 aromatic rings. The van der Waals surface area contributed by atoms with Crippen molar-refractivity contribution in [2.45, 2.75) is 32.9 Å². The first-order chi connectivity index (χ1) is 10.6. The summed E-state index contributed by atoms with van der Waals surface area (Å²) in [6.45, 7) is 3.88. The molecule has 1 rings (SSSR count). The maximum Gasteiger partial charge on any atom is 0.417 e. The van der Waals surface area contributed by atoms with E-state index in [9.17, 15) is 13.2 Å². The third kappa shape index (κ3) is 8.56. The van der Waals surface area contributed by atoms with Crippen molar-refractivity contribution in [3.05, 3.63) is 34.3 Å². The van der Waals surface area contributed by atoms with E-state index in [0.717, 1.165) is 6.07 Å². The maximum atomic E-state index is 13.0. The van der Waals surface area contributed by atoms with Crippen LogP contribution in [0.4, 0.5) is 13.2 Å². The molecule has 0 aromatic heterocycles. The van der Waals surface area contributed by atoms with Crippen LogP contribution in [0, 0.1) is 4.78 Å². The van der Waals surface area contributed by atoms with Crippen LogP contribution in [0.1, 0.15) is 37.8 Å². The summed E-state index contributed by atoms with van der Waals surface area (Å²) in [7, 11) is -2.61. The molecule has 10 heteroatoms. The Bertz CT molecular complexity index is 639. The van der Waals surface area contributed by atoms with Crippen LogP contribution in [-0.2, 0) is 21.5 Å². The highest BCUT2D eigenvalue weighted by atomic mass is 35.5. The molecule has 0 atom stereocenters. The fourth-order valence-corrected chi connectivity index (χ4v) is 1.78. The van der Waals surface area contributed by atoms with Crippen molar-refractivity contribution in [3.8, 4) is 0 Å². The first-order valence-corrected chi connectivity index (χ1v) is 7.95. The van der Waals surface area contributed by atoms with Crippen LogP contribution in [0.25, 0.3) is 0 Å². The zero-order chi connectivity index (χ0) is 18.0. The first kappa shape index (κ1) is 21.4.